The summed E-state index contributed by atoms with van der Waals surface area (Å²) in [6, 6.07) is 24.5. The van der Waals surface area contributed by atoms with E-state index in [0.29, 0.717) is 6.61 Å². The van der Waals surface area contributed by atoms with Crippen LogP contribution in [0.3, 0.4) is 0 Å². The minimum absolute atomic E-state index is 0.0672. The van der Waals surface area contributed by atoms with Crippen LogP contribution in [0, 0.1) is 6.92 Å². The van der Waals surface area contributed by atoms with Gasteiger partial charge in [0, 0.05) is 17.0 Å². The normalized spacial score (nSPS) is 11.0. The maximum Gasteiger partial charge on any atom is 0.248 e. The van der Waals surface area contributed by atoms with Crippen LogP contribution in [-0.2, 0) is 0 Å². The van der Waals surface area contributed by atoms with Gasteiger partial charge in [0.2, 0.25) is 5.56 Å². The molecule has 5 rings (SSSR count). The summed E-state index contributed by atoms with van der Waals surface area (Å²) in [6.07, 6.45) is 2.06. The monoisotopic (exact) mass is 415 g/mol. The predicted molar refractivity (Wildman–Crippen MR) is 129 cm³/mol. The molecular weight excluding hydrogens is 390 g/mol. The average molecular weight is 416 g/mol. The molecule has 0 spiro atoms. The number of ether oxygens (including phenoxy) is 1. The van der Waals surface area contributed by atoms with Crippen molar-refractivity contribution < 1.29 is 4.74 Å². The van der Waals surface area contributed by atoms with E-state index in [1.807, 2.05) is 25.1 Å². The molecule has 0 aliphatic heterocycles. The van der Waals surface area contributed by atoms with Gasteiger partial charge in [0.1, 0.15) is 5.75 Å². The smallest absolute Gasteiger partial charge is 0.248 e. The summed E-state index contributed by atoms with van der Waals surface area (Å²) in [5.74, 6) is 1.73. The van der Waals surface area contributed by atoms with Crippen molar-refractivity contribution >= 4 is 23.5 Å². The molecule has 2 aliphatic carbocycles. The number of benzene rings is 3. The maximum atomic E-state index is 11.3. The Hall–Kier alpha value is -2.98. The lowest BCUT2D eigenvalue weighted by atomic mass is 10.1. The number of aryl methyl sites for hydroxylation is 1. The Morgan fingerprint density at radius 3 is 2.40 bits per heavy atom. The van der Waals surface area contributed by atoms with Gasteiger partial charge in [-0.1, -0.05) is 42.5 Å². The Balaban J connectivity index is 0.000000156. The van der Waals surface area contributed by atoms with E-state index in [4.69, 9.17) is 4.74 Å². The highest BCUT2D eigenvalue weighted by atomic mass is 32.1. The summed E-state index contributed by atoms with van der Waals surface area (Å²) >= 11 is 4.16. The number of fused-ring (bicyclic) bond motifs is 2. The Kier molecular flexibility index (Phi) is 6.24. The lowest BCUT2D eigenvalue weighted by molar-refractivity contribution is 0.310. The second-order valence-electron chi connectivity index (χ2n) is 7.43. The minimum atomic E-state index is -0.0672. The number of hydrogen-bond donors (Lipinski definition) is 2. The molecule has 0 saturated carbocycles. The van der Waals surface area contributed by atoms with Gasteiger partial charge >= 0.3 is 0 Å². The van der Waals surface area contributed by atoms with Gasteiger partial charge in [0.05, 0.1) is 6.61 Å². The van der Waals surface area contributed by atoms with Gasteiger partial charge in [-0.3, -0.25) is 4.79 Å². The molecule has 0 unspecified atom stereocenters. The molecule has 0 saturated heterocycles. The third-order valence-electron chi connectivity index (χ3n) is 5.17. The van der Waals surface area contributed by atoms with Crippen LogP contribution in [0.1, 0.15) is 18.4 Å². The van der Waals surface area contributed by atoms with E-state index < -0.39 is 0 Å². The third-order valence-corrected chi connectivity index (χ3v) is 5.49. The average Bonchev–Trinajstić information content (AvgIpc) is 3.42. The first-order valence-corrected chi connectivity index (χ1v) is 10.9. The zero-order chi connectivity index (χ0) is 20.9. The summed E-state index contributed by atoms with van der Waals surface area (Å²) in [5, 5.41) is 1.03. The molecule has 1 N–H and O–H groups in total. The van der Waals surface area contributed by atoms with Crippen molar-refractivity contribution in [2.24, 2.45) is 0 Å². The highest BCUT2D eigenvalue weighted by Crippen LogP contribution is 2.43. The number of hydrogen-bond acceptors (Lipinski definition) is 3. The van der Waals surface area contributed by atoms with Gasteiger partial charge in [0.25, 0.3) is 0 Å². The SMILES string of the molecule is Cc1cc(=O)[nH]c2ccc(OCCCCS)cc12.c1ccc(-c2ccc3cc2-3)cc1. The molecule has 1 aromatic heterocycles. The number of thiol groups is 1. The van der Waals surface area contributed by atoms with Gasteiger partial charge in [-0.25, -0.2) is 0 Å². The van der Waals surface area contributed by atoms with Crippen molar-refractivity contribution in [3.8, 4) is 28.0 Å². The maximum absolute atomic E-state index is 11.3. The molecular formula is C26H25NO2S. The van der Waals surface area contributed by atoms with Crippen LogP contribution in [0.25, 0.3) is 33.2 Å². The van der Waals surface area contributed by atoms with Crippen LogP contribution in [-0.4, -0.2) is 17.3 Å². The van der Waals surface area contributed by atoms with Gasteiger partial charge in [-0.15, -0.1) is 0 Å². The van der Waals surface area contributed by atoms with E-state index in [-0.39, 0.29) is 5.56 Å². The first kappa shape index (κ1) is 20.3. The van der Waals surface area contributed by atoms with Crippen LogP contribution in [0.4, 0.5) is 0 Å². The lowest BCUT2D eigenvalue weighted by Gasteiger charge is -2.08. The molecule has 0 bridgehead atoms. The van der Waals surface area contributed by atoms with E-state index in [0.717, 1.165) is 40.8 Å². The van der Waals surface area contributed by atoms with E-state index in [9.17, 15) is 4.79 Å². The molecule has 0 amide bonds. The van der Waals surface area contributed by atoms with Crippen molar-refractivity contribution in [3.05, 3.63) is 88.7 Å². The molecule has 2 aliphatic rings. The second kappa shape index (κ2) is 9.23. The Morgan fingerprint density at radius 1 is 0.867 bits per heavy atom. The van der Waals surface area contributed by atoms with Crippen LogP contribution in [0.2, 0.25) is 0 Å². The number of pyridine rings is 1. The molecule has 2 aromatic carbocycles. The molecule has 3 nitrogen and oxygen atoms in total. The molecule has 0 fully saturated rings. The molecule has 0 radical (unpaired) electrons. The predicted octanol–water partition coefficient (Wildman–Crippen LogP) is 6.26. The fourth-order valence-corrected chi connectivity index (χ4v) is 3.74. The summed E-state index contributed by atoms with van der Waals surface area (Å²) < 4.78 is 5.68. The largest absolute Gasteiger partial charge is 0.494 e. The summed E-state index contributed by atoms with van der Waals surface area (Å²) in [7, 11) is 0. The van der Waals surface area contributed by atoms with Gasteiger partial charge < -0.3 is 9.72 Å². The second-order valence-corrected chi connectivity index (χ2v) is 7.88. The van der Waals surface area contributed by atoms with E-state index in [1.54, 1.807) is 6.07 Å². The number of H-pyrrole nitrogens is 1. The third kappa shape index (κ3) is 4.77. The first-order valence-electron chi connectivity index (χ1n) is 10.2. The molecule has 0 atom stereocenters. The Morgan fingerprint density at radius 2 is 1.70 bits per heavy atom. The highest BCUT2D eigenvalue weighted by molar-refractivity contribution is 7.80. The Bertz CT molecular complexity index is 1210. The minimum Gasteiger partial charge on any atom is -0.494 e. The van der Waals surface area contributed by atoms with Crippen LogP contribution in [0.5, 0.6) is 5.75 Å². The van der Waals surface area contributed by atoms with Crippen molar-refractivity contribution in [2.75, 3.05) is 12.4 Å². The zero-order valence-corrected chi connectivity index (χ0v) is 17.9. The van der Waals surface area contributed by atoms with Gasteiger partial charge in [-0.05, 0) is 77.6 Å². The molecule has 152 valence electrons. The highest BCUT2D eigenvalue weighted by Gasteiger charge is 2.17. The Labute approximate surface area is 182 Å². The molecule has 30 heavy (non-hydrogen) atoms. The van der Waals surface area contributed by atoms with Crippen molar-refractivity contribution in [1.82, 2.24) is 4.98 Å². The van der Waals surface area contributed by atoms with Gasteiger partial charge in [0.15, 0.2) is 0 Å². The molecule has 1 heterocycles. The van der Waals surface area contributed by atoms with E-state index >= 15 is 0 Å². The standard InChI is InChI=1S/C14H17NO2S.C12H8/c1-10-8-14(16)15-13-5-4-11(9-12(10)13)17-6-2-3-7-18;1-2-4-9(5-3-1)11-7-6-10-8-12(10)11/h4-5,8-9,18H,2-3,6-7H2,1H3,(H,15,16);1-8H. The van der Waals surface area contributed by atoms with Crippen molar-refractivity contribution in [3.63, 3.8) is 0 Å². The number of rotatable bonds is 6. The quantitative estimate of drug-likeness (QED) is 0.254. The summed E-state index contributed by atoms with van der Waals surface area (Å²) in [4.78, 5) is 14.2. The number of unbranched alkanes of at least 4 members (excludes halogenated alkanes) is 1. The summed E-state index contributed by atoms with van der Waals surface area (Å²) in [6.45, 7) is 2.64. The number of aromatic amines is 1. The topological polar surface area (TPSA) is 42.1 Å². The molecule has 4 heteroatoms. The van der Waals surface area contributed by atoms with Gasteiger partial charge in [-0.2, -0.15) is 12.6 Å². The first-order chi connectivity index (χ1) is 14.7. The van der Waals surface area contributed by atoms with E-state index in [1.165, 1.54) is 22.3 Å². The number of aromatic nitrogens is 1. The van der Waals surface area contributed by atoms with Crippen LogP contribution >= 0.6 is 12.6 Å². The summed E-state index contributed by atoms with van der Waals surface area (Å²) in [5.41, 5.74) is 7.30. The zero-order valence-electron chi connectivity index (χ0n) is 17.0. The molecule has 3 aromatic rings. The van der Waals surface area contributed by atoms with Crippen LogP contribution in [0.15, 0.2) is 77.6 Å². The van der Waals surface area contributed by atoms with Crippen LogP contribution < -0.4 is 10.3 Å². The fourth-order valence-electron chi connectivity index (χ4n) is 3.52. The van der Waals surface area contributed by atoms with E-state index in [2.05, 4.69) is 66.1 Å². The number of nitrogens with one attached hydrogen (secondary N) is 1. The van der Waals surface area contributed by atoms with Crippen molar-refractivity contribution in [2.45, 2.75) is 19.8 Å². The van der Waals surface area contributed by atoms with Crippen molar-refractivity contribution in [1.29, 1.82) is 0 Å². The fraction of sp³-hybridized carbons (Fsp3) is 0.192. The lowest BCUT2D eigenvalue weighted by Crippen LogP contribution is -2.05.